The Kier molecular flexibility index (Phi) is 6.86. The smallest absolute Gasteiger partial charge is 0.308 e. The fraction of sp³-hybridized carbons (Fsp3) is 0.0952. The molecule has 0 radical (unpaired) electrons. The quantitative estimate of drug-likeness (QED) is 0.502. The summed E-state index contributed by atoms with van der Waals surface area (Å²) in [4.78, 5) is 12.4. The van der Waals surface area contributed by atoms with E-state index in [0.717, 1.165) is 12.1 Å². The van der Waals surface area contributed by atoms with Crippen molar-refractivity contribution in [1.29, 1.82) is 0 Å². The van der Waals surface area contributed by atoms with Crippen molar-refractivity contribution >= 4 is 28.4 Å². The molecule has 0 fully saturated rings. The van der Waals surface area contributed by atoms with Crippen LogP contribution in [0.2, 0.25) is 0 Å². The number of rotatable bonds is 6. The first-order valence-electron chi connectivity index (χ1n) is 8.86. The summed E-state index contributed by atoms with van der Waals surface area (Å²) in [6.07, 6.45) is -4.39. The second-order valence-electron chi connectivity index (χ2n) is 6.25. The van der Waals surface area contributed by atoms with Gasteiger partial charge in [-0.2, -0.15) is 13.2 Å². The SMILES string of the molecule is O=C(Nc1ccccc1)Nc1ccc(S(=O)NCc2ccc(C(F)(F)F)cc2)cc1. The molecule has 30 heavy (non-hydrogen) atoms. The molecule has 3 N–H and O–H groups in total. The van der Waals surface area contributed by atoms with Crippen LogP contribution in [0.1, 0.15) is 11.1 Å². The molecule has 1 atom stereocenters. The number of anilines is 2. The predicted molar refractivity (Wildman–Crippen MR) is 110 cm³/mol. The van der Waals surface area contributed by atoms with Gasteiger partial charge in [0.15, 0.2) is 0 Å². The summed E-state index contributed by atoms with van der Waals surface area (Å²) in [5.74, 6) is 0. The maximum atomic E-state index is 12.6. The number of halogens is 3. The highest BCUT2D eigenvalue weighted by atomic mass is 32.2. The van der Waals surface area contributed by atoms with Crippen LogP contribution in [0.15, 0.2) is 83.8 Å². The molecule has 3 aromatic carbocycles. The van der Waals surface area contributed by atoms with Gasteiger partial charge in [-0.25, -0.2) is 13.7 Å². The molecule has 0 aromatic heterocycles. The van der Waals surface area contributed by atoms with Crippen molar-refractivity contribution in [2.75, 3.05) is 10.6 Å². The zero-order valence-electron chi connectivity index (χ0n) is 15.6. The van der Waals surface area contributed by atoms with Crippen LogP contribution in [0, 0.1) is 0 Å². The Bertz CT molecular complexity index is 1010. The third-order valence-electron chi connectivity index (χ3n) is 4.05. The van der Waals surface area contributed by atoms with E-state index in [2.05, 4.69) is 15.4 Å². The molecule has 0 heterocycles. The second-order valence-corrected chi connectivity index (χ2v) is 7.55. The molecule has 0 aliphatic rings. The Morgan fingerprint density at radius 1 is 0.800 bits per heavy atom. The molecule has 0 saturated heterocycles. The number of carbonyl (C=O) groups is 1. The number of benzene rings is 3. The molecule has 1 unspecified atom stereocenters. The molecular formula is C21H18F3N3O2S. The van der Waals surface area contributed by atoms with Crippen molar-refractivity contribution in [2.24, 2.45) is 0 Å². The summed E-state index contributed by atoms with van der Waals surface area (Å²) < 4.78 is 52.8. The molecule has 2 amide bonds. The van der Waals surface area contributed by atoms with Crippen LogP contribution in [0.25, 0.3) is 0 Å². The van der Waals surface area contributed by atoms with E-state index in [9.17, 15) is 22.2 Å². The van der Waals surface area contributed by atoms with E-state index < -0.39 is 28.8 Å². The lowest BCUT2D eigenvalue weighted by molar-refractivity contribution is -0.137. The fourth-order valence-electron chi connectivity index (χ4n) is 2.52. The van der Waals surface area contributed by atoms with Crippen molar-refractivity contribution in [1.82, 2.24) is 4.72 Å². The lowest BCUT2D eigenvalue weighted by atomic mass is 10.1. The molecule has 3 rings (SSSR count). The second kappa shape index (κ2) is 9.55. The number of hydrogen-bond acceptors (Lipinski definition) is 2. The standard InChI is InChI=1S/C21H18F3N3O2S/c22-21(23,24)16-8-6-15(7-9-16)14-25-30(29)19-12-10-18(11-13-19)27-20(28)26-17-4-2-1-3-5-17/h1-13,25H,14H2,(H2,26,27,28). The van der Waals surface area contributed by atoms with E-state index in [1.54, 1.807) is 48.5 Å². The minimum Gasteiger partial charge on any atom is -0.308 e. The van der Waals surface area contributed by atoms with Crippen molar-refractivity contribution in [2.45, 2.75) is 17.6 Å². The molecule has 3 aromatic rings. The molecule has 0 aliphatic carbocycles. The molecular weight excluding hydrogens is 415 g/mol. The highest BCUT2D eigenvalue weighted by molar-refractivity contribution is 7.83. The summed E-state index contributed by atoms with van der Waals surface area (Å²) in [7, 11) is -1.56. The van der Waals surface area contributed by atoms with E-state index >= 15 is 0 Å². The summed E-state index contributed by atoms with van der Waals surface area (Å²) in [6, 6.07) is 19.6. The average Bonchev–Trinajstić information content (AvgIpc) is 2.73. The van der Waals surface area contributed by atoms with Gasteiger partial charge in [-0.3, -0.25) is 0 Å². The van der Waals surface area contributed by atoms with Gasteiger partial charge in [0, 0.05) is 17.9 Å². The fourth-order valence-corrected chi connectivity index (χ4v) is 3.37. The maximum absolute atomic E-state index is 12.6. The lowest BCUT2D eigenvalue weighted by Crippen LogP contribution is -2.19. The zero-order valence-corrected chi connectivity index (χ0v) is 16.4. The minimum atomic E-state index is -4.39. The zero-order chi connectivity index (χ0) is 21.6. The summed E-state index contributed by atoms with van der Waals surface area (Å²) in [5.41, 5.74) is 1.02. The van der Waals surface area contributed by atoms with E-state index in [-0.39, 0.29) is 6.54 Å². The molecule has 0 bridgehead atoms. The van der Waals surface area contributed by atoms with E-state index in [4.69, 9.17) is 0 Å². The van der Waals surface area contributed by atoms with Crippen molar-refractivity contribution < 1.29 is 22.2 Å². The monoisotopic (exact) mass is 433 g/mol. The Morgan fingerprint density at radius 2 is 1.37 bits per heavy atom. The van der Waals surface area contributed by atoms with Gasteiger partial charge in [-0.1, -0.05) is 30.3 Å². The summed E-state index contributed by atoms with van der Waals surface area (Å²) in [6.45, 7) is 0.143. The molecule has 5 nitrogen and oxygen atoms in total. The highest BCUT2D eigenvalue weighted by Crippen LogP contribution is 2.29. The molecule has 9 heteroatoms. The normalized spacial score (nSPS) is 12.2. The van der Waals surface area contributed by atoms with Crippen molar-refractivity contribution in [3.63, 3.8) is 0 Å². The van der Waals surface area contributed by atoms with Gasteiger partial charge in [0.25, 0.3) is 0 Å². The first-order valence-corrected chi connectivity index (χ1v) is 10.0. The van der Waals surface area contributed by atoms with Crippen LogP contribution in [0.5, 0.6) is 0 Å². The van der Waals surface area contributed by atoms with E-state index in [1.807, 2.05) is 6.07 Å². The van der Waals surface area contributed by atoms with Crippen molar-refractivity contribution in [3.8, 4) is 0 Å². The Morgan fingerprint density at radius 3 is 1.93 bits per heavy atom. The van der Waals surface area contributed by atoms with Gasteiger partial charge in [0.2, 0.25) is 0 Å². The summed E-state index contributed by atoms with van der Waals surface area (Å²) in [5, 5.41) is 5.36. The number of amides is 2. The van der Waals surface area contributed by atoms with E-state index in [1.165, 1.54) is 12.1 Å². The lowest BCUT2D eigenvalue weighted by Gasteiger charge is -2.10. The first kappa shape index (κ1) is 21.5. The van der Waals surface area contributed by atoms with Gasteiger partial charge < -0.3 is 10.6 Å². The Labute approximate surface area is 173 Å². The van der Waals surface area contributed by atoms with Crippen LogP contribution < -0.4 is 15.4 Å². The van der Waals surface area contributed by atoms with Crippen LogP contribution in [-0.4, -0.2) is 10.2 Å². The third kappa shape index (κ3) is 6.16. The van der Waals surface area contributed by atoms with Gasteiger partial charge in [-0.05, 0) is 54.1 Å². The average molecular weight is 433 g/mol. The van der Waals surface area contributed by atoms with Gasteiger partial charge >= 0.3 is 12.2 Å². The van der Waals surface area contributed by atoms with Crippen LogP contribution in [0.3, 0.4) is 0 Å². The molecule has 0 saturated carbocycles. The molecule has 0 spiro atoms. The van der Waals surface area contributed by atoms with Crippen molar-refractivity contribution in [3.05, 3.63) is 90.0 Å². The number of carbonyl (C=O) groups excluding carboxylic acids is 1. The highest BCUT2D eigenvalue weighted by Gasteiger charge is 2.29. The van der Waals surface area contributed by atoms with Gasteiger partial charge in [0.05, 0.1) is 10.5 Å². The van der Waals surface area contributed by atoms with Crippen LogP contribution >= 0.6 is 0 Å². The van der Waals surface area contributed by atoms with Crippen LogP contribution in [-0.2, 0) is 23.7 Å². The number of hydrogen-bond donors (Lipinski definition) is 3. The number of alkyl halides is 3. The topological polar surface area (TPSA) is 70.2 Å². The maximum Gasteiger partial charge on any atom is 0.416 e. The van der Waals surface area contributed by atoms with E-state index in [0.29, 0.717) is 21.8 Å². The number of nitrogens with one attached hydrogen (secondary N) is 3. The first-order chi connectivity index (χ1) is 14.3. The van der Waals surface area contributed by atoms with Gasteiger partial charge in [0.1, 0.15) is 11.0 Å². The minimum absolute atomic E-state index is 0.143. The number of urea groups is 1. The summed E-state index contributed by atoms with van der Waals surface area (Å²) >= 11 is 0. The Balaban J connectivity index is 1.51. The van der Waals surface area contributed by atoms with Gasteiger partial charge in [-0.15, -0.1) is 0 Å². The Hall–Kier alpha value is -3.17. The molecule has 0 aliphatic heterocycles. The molecule has 156 valence electrons. The third-order valence-corrected chi connectivity index (χ3v) is 5.15. The predicted octanol–water partition coefficient (Wildman–Crippen LogP) is 5.16. The number of para-hydroxylation sites is 1. The largest absolute Gasteiger partial charge is 0.416 e. The van der Waals surface area contributed by atoms with Crippen LogP contribution in [0.4, 0.5) is 29.3 Å².